The Morgan fingerprint density at radius 3 is 2.45 bits per heavy atom. The summed E-state index contributed by atoms with van der Waals surface area (Å²) in [7, 11) is 3.18. The average Bonchev–Trinajstić information content (AvgIpc) is 2.48. The van der Waals surface area contributed by atoms with Crippen molar-refractivity contribution in [2.45, 2.75) is 6.54 Å². The lowest BCUT2D eigenvalue weighted by molar-refractivity contribution is 0.355. The molecule has 0 heterocycles. The largest absolute Gasteiger partial charge is 0.493 e. The second kappa shape index (κ2) is 6.61. The van der Waals surface area contributed by atoms with Crippen molar-refractivity contribution in [1.29, 1.82) is 0 Å². The lowest BCUT2D eigenvalue weighted by Crippen LogP contribution is -2.00. The number of benzene rings is 2. The van der Waals surface area contributed by atoms with E-state index in [9.17, 15) is 4.39 Å². The maximum atomic E-state index is 13.4. The van der Waals surface area contributed by atoms with Gasteiger partial charge in [-0.1, -0.05) is 6.07 Å². The SMILES string of the molecule is COc1ccc(NCc2ccc(Br)c(F)c2)cc1OC. The summed E-state index contributed by atoms with van der Waals surface area (Å²) in [6, 6.07) is 10.6. The number of anilines is 1. The zero-order chi connectivity index (χ0) is 14.5. The molecule has 0 saturated carbocycles. The van der Waals surface area contributed by atoms with Gasteiger partial charge in [0, 0.05) is 18.3 Å². The second-order valence-corrected chi connectivity index (χ2v) is 5.03. The van der Waals surface area contributed by atoms with Gasteiger partial charge < -0.3 is 14.8 Å². The molecule has 2 aromatic rings. The minimum atomic E-state index is -0.267. The van der Waals surface area contributed by atoms with E-state index in [2.05, 4.69) is 21.2 Å². The minimum absolute atomic E-state index is 0.267. The molecule has 0 aromatic heterocycles. The number of ether oxygens (including phenoxy) is 2. The number of halogens is 2. The van der Waals surface area contributed by atoms with Crippen molar-refractivity contribution in [3.63, 3.8) is 0 Å². The van der Waals surface area contributed by atoms with Gasteiger partial charge in [-0.3, -0.25) is 0 Å². The summed E-state index contributed by atoms with van der Waals surface area (Å²) < 4.78 is 24.3. The third-order valence-electron chi connectivity index (χ3n) is 2.86. The Morgan fingerprint density at radius 2 is 1.80 bits per heavy atom. The van der Waals surface area contributed by atoms with Crippen LogP contribution in [0.5, 0.6) is 11.5 Å². The van der Waals surface area contributed by atoms with Gasteiger partial charge in [-0.2, -0.15) is 0 Å². The Morgan fingerprint density at radius 1 is 1.05 bits per heavy atom. The van der Waals surface area contributed by atoms with Gasteiger partial charge in [0.1, 0.15) is 5.82 Å². The van der Waals surface area contributed by atoms with Gasteiger partial charge in [0.05, 0.1) is 18.7 Å². The van der Waals surface area contributed by atoms with E-state index in [1.54, 1.807) is 20.3 Å². The Balaban J connectivity index is 2.08. The molecule has 0 fully saturated rings. The highest BCUT2D eigenvalue weighted by Crippen LogP contribution is 2.30. The Hall–Kier alpha value is -1.75. The summed E-state index contributed by atoms with van der Waals surface area (Å²) in [5.41, 5.74) is 1.74. The number of nitrogens with one attached hydrogen (secondary N) is 1. The van der Waals surface area contributed by atoms with E-state index in [1.807, 2.05) is 24.3 Å². The van der Waals surface area contributed by atoms with E-state index in [0.717, 1.165) is 11.3 Å². The van der Waals surface area contributed by atoms with E-state index >= 15 is 0 Å². The maximum Gasteiger partial charge on any atom is 0.162 e. The van der Waals surface area contributed by atoms with Crippen LogP contribution in [0.15, 0.2) is 40.9 Å². The Kier molecular flexibility index (Phi) is 4.84. The average molecular weight is 340 g/mol. The van der Waals surface area contributed by atoms with Gasteiger partial charge in [0.2, 0.25) is 0 Å². The minimum Gasteiger partial charge on any atom is -0.493 e. The fraction of sp³-hybridized carbons (Fsp3) is 0.200. The first-order valence-electron chi connectivity index (χ1n) is 6.04. The smallest absolute Gasteiger partial charge is 0.162 e. The molecular formula is C15H15BrFNO2. The number of methoxy groups -OCH3 is 2. The fourth-order valence-electron chi connectivity index (χ4n) is 1.80. The predicted molar refractivity (Wildman–Crippen MR) is 81.0 cm³/mol. The number of rotatable bonds is 5. The molecule has 106 valence electrons. The summed E-state index contributed by atoms with van der Waals surface area (Å²) in [4.78, 5) is 0. The van der Waals surface area contributed by atoms with Crippen LogP contribution in [0, 0.1) is 5.82 Å². The summed E-state index contributed by atoms with van der Waals surface area (Å²) in [6.45, 7) is 0.527. The highest BCUT2D eigenvalue weighted by Gasteiger charge is 2.05. The molecule has 1 N–H and O–H groups in total. The van der Waals surface area contributed by atoms with Crippen LogP contribution in [0.25, 0.3) is 0 Å². The van der Waals surface area contributed by atoms with E-state index in [-0.39, 0.29) is 5.82 Å². The summed E-state index contributed by atoms with van der Waals surface area (Å²) in [5, 5.41) is 3.22. The normalized spacial score (nSPS) is 10.2. The van der Waals surface area contributed by atoms with Gasteiger partial charge in [-0.25, -0.2) is 4.39 Å². The monoisotopic (exact) mass is 339 g/mol. The molecule has 0 unspecified atom stereocenters. The zero-order valence-electron chi connectivity index (χ0n) is 11.2. The molecule has 0 aliphatic rings. The summed E-state index contributed by atoms with van der Waals surface area (Å²) >= 11 is 3.13. The van der Waals surface area contributed by atoms with Gasteiger partial charge in [-0.15, -0.1) is 0 Å². The van der Waals surface area contributed by atoms with Gasteiger partial charge >= 0.3 is 0 Å². The van der Waals surface area contributed by atoms with Crippen molar-refractivity contribution in [2.24, 2.45) is 0 Å². The molecule has 20 heavy (non-hydrogen) atoms. The number of hydrogen-bond acceptors (Lipinski definition) is 3. The van der Waals surface area contributed by atoms with Crippen molar-refractivity contribution in [3.05, 3.63) is 52.3 Å². The predicted octanol–water partition coefficient (Wildman–Crippen LogP) is 4.22. The molecule has 2 rings (SSSR count). The molecule has 0 saturated heterocycles. The lowest BCUT2D eigenvalue weighted by atomic mass is 10.2. The van der Waals surface area contributed by atoms with Crippen molar-refractivity contribution in [1.82, 2.24) is 0 Å². The topological polar surface area (TPSA) is 30.5 Å². The van der Waals surface area contributed by atoms with E-state index in [4.69, 9.17) is 9.47 Å². The van der Waals surface area contributed by atoms with Gasteiger partial charge in [-0.05, 0) is 45.8 Å². The molecule has 0 amide bonds. The fourth-order valence-corrected chi connectivity index (χ4v) is 2.05. The molecule has 5 heteroatoms. The molecule has 2 aromatic carbocycles. The van der Waals surface area contributed by atoms with Crippen LogP contribution in [0.2, 0.25) is 0 Å². The first kappa shape index (κ1) is 14.7. The van der Waals surface area contributed by atoms with Crippen molar-refractivity contribution in [2.75, 3.05) is 19.5 Å². The Labute approximate surface area is 125 Å². The maximum absolute atomic E-state index is 13.4. The van der Waals surface area contributed by atoms with Gasteiger partial charge in [0.25, 0.3) is 0 Å². The van der Waals surface area contributed by atoms with Crippen LogP contribution in [-0.2, 0) is 6.54 Å². The molecule has 0 aliphatic carbocycles. The van der Waals surface area contributed by atoms with Crippen LogP contribution in [-0.4, -0.2) is 14.2 Å². The lowest BCUT2D eigenvalue weighted by Gasteiger charge is -2.11. The highest BCUT2D eigenvalue weighted by atomic mass is 79.9. The standard InChI is InChI=1S/C15H15BrFNO2/c1-19-14-6-4-11(8-15(14)20-2)18-9-10-3-5-12(16)13(17)7-10/h3-8,18H,9H2,1-2H3. The summed E-state index contributed by atoms with van der Waals surface area (Å²) in [6.07, 6.45) is 0. The van der Waals surface area contributed by atoms with E-state index in [0.29, 0.717) is 22.5 Å². The van der Waals surface area contributed by atoms with Gasteiger partial charge in [0.15, 0.2) is 11.5 Å². The third kappa shape index (κ3) is 3.42. The van der Waals surface area contributed by atoms with E-state index < -0.39 is 0 Å². The molecule has 0 aliphatic heterocycles. The Bertz CT molecular complexity index is 604. The molecule has 0 atom stereocenters. The van der Waals surface area contributed by atoms with E-state index in [1.165, 1.54) is 6.07 Å². The molecular weight excluding hydrogens is 325 g/mol. The van der Waals surface area contributed by atoms with Crippen LogP contribution >= 0.6 is 15.9 Å². The first-order valence-corrected chi connectivity index (χ1v) is 6.83. The van der Waals surface area contributed by atoms with Crippen LogP contribution < -0.4 is 14.8 Å². The number of hydrogen-bond donors (Lipinski definition) is 1. The molecule has 0 bridgehead atoms. The van der Waals surface area contributed by atoms with Crippen molar-refractivity contribution in [3.8, 4) is 11.5 Å². The molecule has 3 nitrogen and oxygen atoms in total. The second-order valence-electron chi connectivity index (χ2n) is 4.17. The highest BCUT2D eigenvalue weighted by molar-refractivity contribution is 9.10. The molecule has 0 spiro atoms. The van der Waals surface area contributed by atoms with Crippen LogP contribution in [0.1, 0.15) is 5.56 Å². The van der Waals surface area contributed by atoms with Crippen LogP contribution in [0.4, 0.5) is 10.1 Å². The first-order chi connectivity index (χ1) is 9.63. The van der Waals surface area contributed by atoms with Crippen molar-refractivity contribution < 1.29 is 13.9 Å². The zero-order valence-corrected chi connectivity index (χ0v) is 12.8. The quantitative estimate of drug-likeness (QED) is 0.884. The third-order valence-corrected chi connectivity index (χ3v) is 3.51. The molecule has 0 radical (unpaired) electrons. The van der Waals surface area contributed by atoms with Crippen molar-refractivity contribution >= 4 is 21.6 Å². The summed E-state index contributed by atoms with van der Waals surface area (Å²) in [5.74, 6) is 1.06. The van der Waals surface area contributed by atoms with Crippen LogP contribution in [0.3, 0.4) is 0 Å².